The van der Waals surface area contributed by atoms with Crippen molar-refractivity contribution < 1.29 is 9.47 Å². The number of benzene rings is 1. The third-order valence-corrected chi connectivity index (χ3v) is 2.90. The predicted molar refractivity (Wildman–Crippen MR) is 79.9 cm³/mol. The van der Waals surface area contributed by atoms with Gasteiger partial charge in [0.1, 0.15) is 0 Å². The first-order valence-corrected chi connectivity index (χ1v) is 6.87. The highest BCUT2D eigenvalue weighted by Crippen LogP contribution is 2.29. The average Bonchev–Trinajstić information content (AvgIpc) is 2.27. The van der Waals surface area contributed by atoms with Crippen LogP contribution in [0.25, 0.3) is 0 Å². The van der Waals surface area contributed by atoms with Gasteiger partial charge in [-0.3, -0.25) is 0 Å². The first-order chi connectivity index (χ1) is 8.81. The van der Waals surface area contributed by atoms with Crippen LogP contribution in [0.1, 0.15) is 39.7 Å². The molecule has 2 N–H and O–H groups in total. The van der Waals surface area contributed by atoms with Crippen molar-refractivity contribution in [3.8, 4) is 11.5 Å². The summed E-state index contributed by atoms with van der Waals surface area (Å²) >= 11 is 0. The number of ether oxygens (including phenoxy) is 2. The van der Waals surface area contributed by atoms with Crippen LogP contribution in [0.5, 0.6) is 11.5 Å². The van der Waals surface area contributed by atoms with Crippen LogP contribution in [0.3, 0.4) is 0 Å². The Kier molecular flexibility index (Phi) is 5.67. The van der Waals surface area contributed by atoms with Crippen LogP contribution in [-0.4, -0.2) is 19.8 Å². The molecular weight excluding hydrogens is 238 g/mol. The lowest BCUT2D eigenvalue weighted by Crippen LogP contribution is -2.17. The molecule has 0 aliphatic rings. The molecule has 0 aliphatic heterocycles. The standard InChI is InChI=1S/C16H27NO2/c1-12(17)10-13-6-7-14(18-5)15(11-13)19-9-8-16(2,3)4/h6-7,11-12H,8-10,17H2,1-5H3. The molecule has 0 aromatic heterocycles. The van der Waals surface area contributed by atoms with Crippen LogP contribution in [0.15, 0.2) is 18.2 Å². The lowest BCUT2D eigenvalue weighted by molar-refractivity contribution is 0.234. The summed E-state index contributed by atoms with van der Waals surface area (Å²) in [6.45, 7) is 9.33. The van der Waals surface area contributed by atoms with Crippen LogP contribution in [0.2, 0.25) is 0 Å². The Hall–Kier alpha value is -1.22. The predicted octanol–water partition coefficient (Wildman–Crippen LogP) is 3.40. The van der Waals surface area contributed by atoms with Crippen molar-refractivity contribution in [3.63, 3.8) is 0 Å². The molecule has 0 heterocycles. The van der Waals surface area contributed by atoms with Gasteiger partial charge in [0.2, 0.25) is 0 Å². The average molecular weight is 265 g/mol. The number of nitrogens with two attached hydrogens (primary N) is 1. The molecular formula is C16H27NO2. The zero-order chi connectivity index (χ0) is 14.5. The molecule has 3 nitrogen and oxygen atoms in total. The van der Waals surface area contributed by atoms with Crippen molar-refractivity contribution in [2.24, 2.45) is 11.1 Å². The Labute approximate surface area is 117 Å². The Bertz CT molecular complexity index is 394. The van der Waals surface area contributed by atoms with E-state index in [0.717, 1.165) is 24.3 Å². The van der Waals surface area contributed by atoms with Crippen molar-refractivity contribution in [2.45, 2.75) is 46.6 Å². The van der Waals surface area contributed by atoms with Gasteiger partial charge >= 0.3 is 0 Å². The molecule has 1 atom stereocenters. The molecule has 1 unspecified atom stereocenters. The molecule has 0 spiro atoms. The monoisotopic (exact) mass is 265 g/mol. The smallest absolute Gasteiger partial charge is 0.161 e. The van der Waals surface area contributed by atoms with E-state index in [1.54, 1.807) is 7.11 Å². The number of methoxy groups -OCH3 is 1. The first-order valence-electron chi connectivity index (χ1n) is 6.87. The van der Waals surface area contributed by atoms with Gasteiger partial charge < -0.3 is 15.2 Å². The van der Waals surface area contributed by atoms with Crippen LogP contribution < -0.4 is 15.2 Å². The van der Waals surface area contributed by atoms with Crippen molar-refractivity contribution in [1.82, 2.24) is 0 Å². The Morgan fingerprint density at radius 3 is 2.42 bits per heavy atom. The summed E-state index contributed by atoms with van der Waals surface area (Å²) in [4.78, 5) is 0. The summed E-state index contributed by atoms with van der Waals surface area (Å²) in [7, 11) is 1.66. The van der Waals surface area contributed by atoms with E-state index in [0.29, 0.717) is 6.61 Å². The molecule has 1 aromatic rings. The van der Waals surface area contributed by atoms with Gasteiger partial charge in [-0.25, -0.2) is 0 Å². The fraction of sp³-hybridized carbons (Fsp3) is 0.625. The Morgan fingerprint density at radius 2 is 1.89 bits per heavy atom. The minimum atomic E-state index is 0.149. The molecule has 3 heteroatoms. The Morgan fingerprint density at radius 1 is 1.21 bits per heavy atom. The highest BCUT2D eigenvalue weighted by molar-refractivity contribution is 5.43. The lowest BCUT2D eigenvalue weighted by atomic mass is 9.93. The summed E-state index contributed by atoms with van der Waals surface area (Å²) in [5.74, 6) is 1.59. The molecule has 0 fully saturated rings. The zero-order valence-corrected chi connectivity index (χ0v) is 12.8. The van der Waals surface area contributed by atoms with Crippen molar-refractivity contribution >= 4 is 0 Å². The zero-order valence-electron chi connectivity index (χ0n) is 12.8. The van der Waals surface area contributed by atoms with Crippen molar-refractivity contribution in [3.05, 3.63) is 23.8 Å². The van der Waals surface area contributed by atoms with E-state index in [1.165, 1.54) is 5.56 Å². The molecule has 0 amide bonds. The van der Waals surface area contributed by atoms with Crippen LogP contribution >= 0.6 is 0 Å². The molecule has 0 radical (unpaired) electrons. The molecule has 0 aliphatic carbocycles. The SMILES string of the molecule is COc1ccc(CC(C)N)cc1OCCC(C)(C)C. The maximum atomic E-state index is 5.86. The van der Waals surface area contributed by atoms with Crippen molar-refractivity contribution in [1.29, 1.82) is 0 Å². The van der Waals surface area contributed by atoms with Gasteiger partial charge in [0.15, 0.2) is 11.5 Å². The van der Waals surface area contributed by atoms with Crippen LogP contribution in [0, 0.1) is 5.41 Å². The highest BCUT2D eigenvalue weighted by Gasteiger charge is 2.12. The summed E-state index contributed by atoms with van der Waals surface area (Å²) < 4.78 is 11.2. The third kappa shape index (κ3) is 5.97. The molecule has 0 saturated heterocycles. The van der Waals surface area contributed by atoms with Gasteiger partial charge in [0.25, 0.3) is 0 Å². The van der Waals surface area contributed by atoms with E-state index in [9.17, 15) is 0 Å². The summed E-state index contributed by atoms with van der Waals surface area (Å²) in [6, 6.07) is 6.17. The maximum absolute atomic E-state index is 5.86. The quantitative estimate of drug-likeness (QED) is 0.857. The van der Waals surface area contributed by atoms with Gasteiger partial charge in [-0.1, -0.05) is 26.8 Å². The molecule has 0 saturated carbocycles. The van der Waals surface area contributed by atoms with Gasteiger partial charge in [0.05, 0.1) is 13.7 Å². The fourth-order valence-electron chi connectivity index (χ4n) is 1.80. The summed E-state index contributed by atoms with van der Waals surface area (Å²) in [6.07, 6.45) is 1.85. The van der Waals surface area contributed by atoms with E-state index >= 15 is 0 Å². The molecule has 1 aromatic carbocycles. The summed E-state index contributed by atoms with van der Waals surface area (Å²) in [5, 5.41) is 0. The van der Waals surface area contributed by atoms with Gasteiger partial charge in [0, 0.05) is 6.04 Å². The topological polar surface area (TPSA) is 44.5 Å². The molecule has 108 valence electrons. The summed E-state index contributed by atoms with van der Waals surface area (Å²) in [5.41, 5.74) is 7.29. The first kappa shape index (κ1) is 15.8. The van der Waals surface area contributed by atoms with Crippen molar-refractivity contribution in [2.75, 3.05) is 13.7 Å². The van der Waals surface area contributed by atoms with Gasteiger partial charge in [-0.15, -0.1) is 0 Å². The molecule has 19 heavy (non-hydrogen) atoms. The third-order valence-electron chi connectivity index (χ3n) is 2.90. The highest BCUT2D eigenvalue weighted by atomic mass is 16.5. The molecule has 1 rings (SSSR count). The normalized spacial score (nSPS) is 13.2. The van der Waals surface area contributed by atoms with Crippen LogP contribution in [0.4, 0.5) is 0 Å². The minimum Gasteiger partial charge on any atom is -0.493 e. The van der Waals surface area contributed by atoms with E-state index in [1.807, 2.05) is 25.1 Å². The largest absolute Gasteiger partial charge is 0.493 e. The van der Waals surface area contributed by atoms with Crippen LogP contribution in [-0.2, 0) is 6.42 Å². The van der Waals surface area contributed by atoms with E-state index in [2.05, 4.69) is 20.8 Å². The Balaban J connectivity index is 2.73. The van der Waals surface area contributed by atoms with Gasteiger partial charge in [-0.2, -0.15) is 0 Å². The van der Waals surface area contributed by atoms with E-state index in [-0.39, 0.29) is 11.5 Å². The van der Waals surface area contributed by atoms with Gasteiger partial charge in [-0.05, 0) is 42.9 Å². The number of hydrogen-bond acceptors (Lipinski definition) is 3. The lowest BCUT2D eigenvalue weighted by Gasteiger charge is -2.19. The fourth-order valence-corrected chi connectivity index (χ4v) is 1.80. The minimum absolute atomic E-state index is 0.149. The number of hydrogen-bond donors (Lipinski definition) is 1. The second kappa shape index (κ2) is 6.80. The second-order valence-electron chi connectivity index (χ2n) is 6.33. The second-order valence-corrected chi connectivity index (χ2v) is 6.33. The van der Waals surface area contributed by atoms with E-state index in [4.69, 9.17) is 15.2 Å². The van der Waals surface area contributed by atoms with E-state index < -0.39 is 0 Å². The maximum Gasteiger partial charge on any atom is 0.161 e. The number of rotatable bonds is 6. The molecule has 0 bridgehead atoms.